The molecule has 0 aliphatic carbocycles. The van der Waals surface area contributed by atoms with Crippen molar-refractivity contribution in [3.8, 4) is 135 Å². The third-order valence-corrected chi connectivity index (χ3v) is 20.5. The Morgan fingerprint density at radius 2 is 0.463 bits per heavy atom. The number of benzene rings is 12. The van der Waals surface area contributed by atoms with Crippen molar-refractivity contribution in [3.63, 3.8) is 0 Å². The molecule has 0 saturated heterocycles. The van der Waals surface area contributed by atoms with Crippen molar-refractivity contribution in [1.29, 1.82) is 0 Å². The number of rotatable bonds is 16. The van der Waals surface area contributed by atoms with Crippen LogP contribution in [-0.4, -0.2) is 39.9 Å². The molecule has 20 aromatic rings. The third-order valence-electron chi connectivity index (χ3n) is 20.5. The molecule has 4 radical (unpaired) electrons. The first-order valence-corrected chi connectivity index (χ1v) is 43.7. The van der Waals surface area contributed by atoms with Crippen LogP contribution in [0.2, 0.25) is 0 Å². The van der Waals surface area contributed by atoms with Crippen molar-refractivity contribution < 1.29 is 80.4 Å². The molecular weight excluding hydrogens is 2350 g/mol. The molecule has 0 saturated carbocycles. The molecule has 8 aromatic heterocycles. The van der Waals surface area contributed by atoms with E-state index in [-0.39, 0.29) is 80.4 Å². The second-order valence-electron chi connectivity index (χ2n) is 30.6. The van der Waals surface area contributed by atoms with E-state index in [0.29, 0.717) is 11.8 Å². The molecule has 0 amide bonds. The first-order valence-electron chi connectivity index (χ1n) is 43.7. The Bertz CT molecular complexity index is 5870. The number of hydrogen-bond donors (Lipinski definition) is 0. The maximum atomic E-state index is 4.49. The summed E-state index contributed by atoms with van der Waals surface area (Å²) in [5.41, 5.74) is 30.7. The molecule has 0 atom stereocenters. The standard InChI is InChI=1S/4C17H12N.C15H16N.C14H14N.C13H12N.C12H10N.4Ir/c4*1-3-7-14(8-4-1)16-11-12-17(18-13-16)15-9-5-2-6-10-15;1-12(2)11-14-9-6-10-16-15(14)13-7-4-3-5-8-13;1-11(2)13-9-6-10-15-14(13)12-7-4-3-5-8-12;1-2-11-9-6-10-14-13(11)12-7-4-3-5-8-12;1-10-6-5-9-13-12(10)11-7-3-2-4-8-11;;;;/h4*1-9,11-13H;3-7,9-10,12H,11H2,1-2H3;3-7,9-11H,1-2H3;3-7,9-10H,2H2,1H3;2-7,9H,1H3;;;;/q8*-1;;;;. The smallest absolute Gasteiger partial charge is 0.0239 e. The fourth-order valence-corrected chi connectivity index (χ4v) is 13.9. The fourth-order valence-electron chi connectivity index (χ4n) is 13.9. The predicted octanol–water partition coefficient (Wildman–Crippen LogP) is 30.2. The van der Waals surface area contributed by atoms with Crippen LogP contribution < -0.4 is 0 Å². The molecule has 0 unspecified atom stereocenters. The van der Waals surface area contributed by atoms with Gasteiger partial charge in [-0.25, -0.2) is 0 Å². The Morgan fingerprint density at radius 3 is 0.724 bits per heavy atom. The normalized spacial score (nSPS) is 9.97. The zero-order chi connectivity index (χ0) is 89.8. The molecule has 8 nitrogen and oxygen atoms in total. The van der Waals surface area contributed by atoms with Gasteiger partial charge in [0.15, 0.2) is 0 Å². The van der Waals surface area contributed by atoms with Crippen molar-refractivity contribution in [2.24, 2.45) is 5.92 Å². The first-order chi connectivity index (χ1) is 64.1. The number of nitrogens with zero attached hydrogens (tertiary/aromatic N) is 8. The van der Waals surface area contributed by atoms with Crippen LogP contribution in [0.5, 0.6) is 0 Å². The van der Waals surface area contributed by atoms with Gasteiger partial charge in [-0.05, 0) is 146 Å². The molecule has 0 bridgehead atoms. The van der Waals surface area contributed by atoms with Gasteiger partial charge in [-0.2, -0.15) is 0 Å². The molecular formula is C122H100Ir4N8-8. The second kappa shape index (κ2) is 57.7. The van der Waals surface area contributed by atoms with Crippen LogP contribution in [0.1, 0.15) is 62.8 Å². The van der Waals surface area contributed by atoms with E-state index >= 15 is 0 Å². The summed E-state index contributed by atoms with van der Waals surface area (Å²) in [6.45, 7) is 13.0. The van der Waals surface area contributed by atoms with Crippen molar-refractivity contribution in [1.82, 2.24) is 39.9 Å². The van der Waals surface area contributed by atoms with E-state index < -0.39 is 0 Å². The third kappa shape index (κ3) is 32.4. The topological polar surface area (TPSA) is 103 Å². The zero-order valence-electron chi connectivity index (χ0n) is 75.4. The van der Waals surface area contributed by atoms with Crippen molar-refractivity contribution in [2.75, 3.05) is 0 Å². The molecule has 20 rings (SSSR count). The minimum Gasteiger partial charge on any atom is -0.304 e. The summed E-state index contributed by atoms with van der Waals surface area (Å²) in [5.74, 6) is 1.13. The maximum Gasteiger partial charge on any atom is 0.0239 e. The summed E-state index contributed by atoms with van der Waals surface area (Å²) in [5, 5.41) is 0. The Morgan fingerprint density at radius 1 is 0.216 bits per heavy atom. The molecule has 0 N–H and O–H groups in total. The first kappa shape index (κ1) is 104. The summed E-state index contributed by atoms with van der Waals surface area (Å²) >= 11 is 0. The summed E-state index contributed by atoms with van der Waals surface area (Å²) in [6, 6.07) is 163. The number of aryl methyl sites for hydroxylation is 2. The van der Waals surface area contributed by atoms with Gasteiger partial charge in [0.2, 0.25) is 0 Å². The van der Waals surface area contributed by atoms with Gasteiger partial charge in [0.25, 0.3) is 0 Å². The summed E-state index contributed by atoms with van der Waals surface area (Å²) in [6.07, 6.45) is 17.0. The second-order valence-corrected chi connectivity index (χ2v) is 30.6. The van der Waals surface area contributed by atoms with Crippen molar-refractivity contribution in [3.05, 3.63) is 533 Å². The van der Waals surface area contributed by atoms with E-state index in [4.69, 9.17) is 0 Å². The van der Waals surface area contributed by atoms with Gasteiger partial charge in [0, 0.05) is 130 Å². The number of aromatic nitrogens is 8. The van der Waals surface area contributed by atoms with Crippen LogP contribution >= 0.6 is 0 Å². The van der Waals surface area contributed by atoms with Gasteiger partial charge in [-0.3, -0.25) is 0 Å². The van der Waals surface area contributed by atoms with Crippen molar-refractivity contribution >= 4 is 0 Å². The average molecular weight is 2450 g/mol. The average Bonchev–Trinajstić information content (AvgIpc) is 0.858. The van der Waals surface area contributed by atoms with Crippen LogP contribution in [0.15, 0.2) is 462 Å². The summed E-state index contributed by atoms with van der Waals surface area (Å²) < 4.78 is 0. The molecule has 672 valence electrons. The van der Waals surface area contributed by atoms with E-state index in [1.165, 1.54) is 44.5 Å². The fraction of sp³-hybridized carbons (Fsp3) is 0.0820. The molecule has 134 heavy (non-hydrogen) atoms. The maximum absolute atomic E-state index is 4.49. The number of hydrogen-bond acceptors (Lipinski definition) is 8. The zero-order valence-corrected chi connectivity index (χ0v) is 84.9. The van der Waals surface area contributed by atoms with Gasteiger partial charge in [-0.1, -0.05) is 251 Å². The Kier molecular flexibility index (Phi) is 44.8. The minimum atomic E-state index is 0. The van der Waals surface area contributed by atoms with Crippen LogP contribution in [0, 0.1) is 61.4 Å². The van der Waals surface area contributed by atoms with Gasteiger partial charge >= 0.3 is 0 Å². The Balaban J connectivity index is 0.000000172. The van der Waals surface area contributed by atoms with Crippen LogP contribution in [-0.2, 0) is 93.3 Å². The van der Waals surface area contributed by atoms with Crippen LogP contribution in [0.4, 0.5) is 0 Å². The van der Waals surface area contributed by atoms with Gasteiger partial charge in [0.1, 0.15) is 0 Å². The SMILES string of the molecule is CC(C)Cc1cccnc1-c1[c-]cccc1.CC(C)c1cccnc1-c1[c-]cccc1.CCc1cccnc1-c1[c-]cccc1.Cc1cccnc1-c1[c-]cccc1.[Ir].[Ir].[Ir].[Ir].[c-]1ccccc1-c1ccc(-c2ccccc2)cn1.[c-]1ccccc1-c1ccc(-c2ccccc2)cn1.[c-]1ccccc1-c1ccc(-c2ccccc2)cn1.[c-]1ccccc1-c1ccc(-c2ccccc2)cn1. The summed E-state index contributed by atoms with van der Waals surface area (Å²) in [4.78, 5) is 35.6. The Hall–Kier alpha value is -13.6. The predicted molar refractivity (Wildman–Crippen MR) is 537 cm³/mol. The van der Waals surface area contributed by atoms with E-state index in [2.05, 4.69) is 233 Å². The van der Waals surface area contributed by atoms with E-state index in [1.54, 1.807) is 0 Å². The number of pyridine rings is 8. The molecule has 12 aromatic carbocycles. The van der Waals surface area contributed by atoms with Gasteiger partial charge in [0.05, 0.1) is 0 Å². The molecule has 12 heteroatoms. The monoisotopic (exact) mass is 2450 g/mol. The molecule has 0 aliphatic rings. The van der Waals surface area contributed by atoms with Crippen LogP contribution in [0.3, 0.4) is 0 Å². The quantitative estimate of drug-likeness (QED) is 0.0882. The molecule has 0 spiro atoms. The van der Waals surface area contributed by atoms with Crippen LogP contribution in [0.25, 0.3) is 135 Å². The van der Waals surface area contributed by atoms with Crippen molar-refractivity contribution in [2.45, 2.75) is 60.3 Å². The van der Waals surface area contributed by atoms with Gasteiger partial charge < -0.3 is 39.9 Å². The molecule has 0 fully saturated rings. The minimum absolute atomic E-state index is 0. The molecule has 0 aliphatic heterocycles. The van der Waals surface area contributed by atoms with Gasteiger partial charge in [-0.15, -0.1) is 287 Å². The van der Waals surface area contributed by atoms with E-state index in [0.717, 1.165) is 125 Å². The Labute approximate surface area is 846 Å². The summed E-state index contributed by atoms with van der Waals surface area (Å²) in [7, 11) is 0. The van der Waals surface area contributed by atoms with E-state index in [1.807, 2.05) is 359 Å². The molecule has 8 heterocycles. The largest absolute Gasteiger partial charge is 0.304 e. The van der Waals surface area contributed by atoms with E-state index in [9.17, 15) is 0 Å².